The molecule has 7 nitrogen and oxygen atoms in total. The summed E-state index contributed by atoms with van der Waals surface area (Å²) in [5.74, 6) is -1.56. The van der Waals surface area contributed by atoms with Gasteiger partial charge >= 0.3 is 0 Å². The second-order valence-corrected chi connectivity index (χ2v) is 9.46. The topological polar surface area (TPSA) is 103 Å². The van der Waals surface area contributed by atoms with Crippen molar-refractivity contribution in [2.24, 2.45) is 0 Å². The van der Waals surface area contributed by atoms with E-state index in [-0.39, 0.29) is 29.4 Å². The number of aromatic amines is 1. The number of aromatic hydroxyl groups is 1. The molecule has 1 fully saturated rings. The Labute approximate surface area is 215 Å². The number of carbonyl (C=O) groups excluding carboxylic acids is 2. The SMILES string of the molecule is COc1cc([C@H]2C(=C(O)c3ccc(Br)cc3)C(=O)C(=O)N2CCc2c[nH]c3ccccc23)ccc1O. The van der Waals surface area contributed by atoms with Crippen LogP contribution in [0.25, 0.3) is 16.7 Å². The minimum Gasteiger partial charge on any atom is -0.507 e. The fraction of sp³-hybridized carbons (Fsp3) is 0.143. The molecule has 1 saturated heterocycles. The average molecular weight is 547 g/mol. The summed E-state index contributed by atoms with van der Waals surface area (Å²) >= 11 is 3.37. The zero-order chi connectivity index (χ0) is 25.4. The molecule has 3 N–H and O–H groups in total. The van der Waals surface area contributed by atoms with E-state index in [2.05, 4.69) is 20.9 Å². The van der Waals surface area contributed by atoms with E-state index in [0.717, 1.165) is 20.9 Å². The number of aromatic nitrogens is 1. The van der Waals surface area contributed by atoms with Gasteiger partial charge < -0.3 is 24.8 Å². The first-order chi connectivity index (χ1) is 17.4. The minimum atomic E-state index is -0.853. The first kappa shape index (κ1) is 23.7. The highest BCUT2D eigenvalue weighted by Crippen LogP contribution is 2.42. The molecular formula is C28H23BrN2O5. The normalized spacial score (nSPS) is 17.2. The molecule has 1 atom stereocenters. The van der Waals surface area contributed by atoms with Crippen LogP contribution in [-0.2, 0) is 16.0 Å². The van der Waals surface area contributed by atoms with E-state index in [1.165, 1.54) is 18.1 Å². The lowest BCUT2D eigenvalue weighted by molar-refractivity contribution is -0.139. The van der Waals surface area contributed by atoms with Gasteiger partial charge in [0.05, 0.1) is 18.7 Å². The molecule has 0 aliphatic carbocycles. The Kier molecular flexibility index (Phi) is 6.28. The lowest BCUT2D eigenvalue weighted by atomic mass is 9.95. The number of amides is 1. The molecule has 8 heteroatoms. The first-order valence-corrected chi connectivity index (χ1v) is 12.1. The number of likely N-dealkylation sites (tertiary alicyclic amines) is 1. The second-order valence-electron chi connectivity index (χ2n) is 8.54. The molecule has 0 spiro atoms. The lowest BCUT2D eigenvalue weighted by Gasteiger charge is -2.25. The maximum absolute atomic E-state index is 13.3. The van der Waals surface area contributed by atoms with Crippen LogP contribution in [0.1, 0.15) is 22.7 Å². The van der Waals surface area contributed by atoms with E-state index in [0.29, 0.717) is 17.5 Å². The molecule has 1 aliphatic rings. The van der Waals surface area contributed by atoms with E-state index < -0.39 is 17.7 Å². The van der Waals surface area contributed by atoms with Gasteiger partial charge in [0.15, 0.2) is 11.5 Å². The quantitative estimate of drug-likeness (QED) is 0.173. The Bertz CT molecular complexity index is 1510. The predicted octanol–water partition coefficient (Wildman–Crippen LogP) is 5.31. The Morgan fingerprint density at radius 1 is 1.08 bits per heavy atom. The smallest absolute Gasteiger partial charge is 0.295 e. The van der Waals surface area contributed by atoms with Crippen LogP contribution in [0.4, 0.5) is 0 Å². The molecule has 0 bridgehead atoms. The summed E-state index contributed by atoms with van der Waals surface area (Å²) in [6, 6.07) is 18.5. The van der Waals surface area contributed by atoms with Crippen LogP contribution in [0.5, 0.6) is 11.5 Å². The second kappa shape index (κ2) is 9.54. The number of halogens is 1. The van der Waals surface area contributed by atoms with Crippen molar-refractivity contribution in [2.45, 2.75) is 12.5 Å². The summed E-state index contributed by atoms with van der Waals surface area (Å²) in [6.45, 7) is 0.247. The summed E-state index contributed by atoms with van der Waals surface area (Å²) in [6.07, 6.45) is 2.41. The Hall–Kier alpha value is -4.04. The maximum atomic E-state index is 13.3. The Balaban J connectivity index is 1.59. The number of ketones is 1. The van der Waals surface area contributed by atoms with Crippen molar-refractivity contribution in [3.63, 3.8) is 0 Å². The number of methoxy groups -OCH3 is 1. The third kappa shape index (κ3) is 4.13. The van der Waals surface area contributed by atoms with Crippen LogP contribution in [0.3, 0.4) is 0 Å². The number of hydrogen-bond donors (Lipinski definition) is 3. The number of phenolic OH excluding ortho intramolecular Hbond substituents is 1. The number of benzene rings is 3. The summed E-state index contributed by atoms with van der Waals surface area (Å²) in [5.41, 5.74) is 2.96. The third-order valence-electron chi connectivity index (χ3n) is 6.47. The molecule has 182 valence electrons. The van der Waals surface area contributed by atoms with Gasteiger partial charge in [-0.2, -0.15) is 0 Å². The van der Waals surface area contributed by atoms with Crippen molar-refractivity contribution in [1.29, 1.82) is 0 Å². The van der Waals surface area contributed by atoms with Gasteiger partial charge in [0.1, 0.15) is 5.76 Å². The van der Waals surface area contributed by atoms with Crippen molar-refractivity contribution in [3.05, 3.63) is 99.7 Å². The third-order valence-corrected chi connectivity index (χ3v) is 7.00. The number of aliphatic hydroxyl groups is 1. The molecule has 2 heterocycles. The largest absolute Gasteiger partial charge is 0.507 e. The monoisotopic (exact) mass is 546 g/mol. The molecule has 0 saturated carbocycles. The van der Waals surface area contributed by atoms with Crippen molar-refractivity contribution in [2.75, 3.05) is 13.7 Å². The summed E-state index contributed by atoms with van der Waals surface area (Å²) in [4.78, 5) is 31.2. The zero-order valence-electron chi connectivity index (χ0n) is 19.4. The van der Waals surface area contributed by atoms with Crippen LogP contribution in [0, 0.1) is 0 Å². The number of H-pyrrole nitrogens is 1. The number of Topliss-reactive ketones (excluding diaryl/α,β-unsaturated/α-hetero) is 1. The number of hydrogen-bond acceptors (Lipinski definition) is 5. The van der Waals surface area contributed by atoms with Crippen molar-refractivity contribution < 1.29 is 24.5 Å². The number of aliphatic hydroxyl groups excluding tert-OH is 1. The van der Waals surface area contributed by atoms with Crippen LogP contribution >= 0.6 is 15.9 Å². The van der Waals surface area contributed by atoms with Crippen molar-refractivity contribution in [3.8, 4) is 11.5 Å². The molecule has 0 unspecified atom stereocenters. The number of fused-ring (bicyclic) bond motifs is 1. The van der Waals surface area contributed by atoms with Gasteiger partial charge in [0.25, 0.3) is 11.7 Å². The summed E-state index contributed by atoms with van der Waals surface area (Å²) < 4.78 is 6.09. The number of nitrogens with zero attached hydrogens (tertiary/aromatic N) is 1. The van der Waals surface area contributed by atoms with Gasteiger partial charge in [-0.15, -0.1) is 0 Å². The Morgan fingerprint density at radius 2 is 1.83 bits per heavy atom. The van der Waals surface area contributed by atoms with Gasteiger partial charge in [-0.05, 0) is 47.9 Å². The minimum absolute atomic E-state index is 0.00556. The average Bonchev–Trinajstić information content (AvgIpc) is 3.41. The fourth-order valence-electron chi connectivity index (χ4n) is 4.66. The molecule has 5 rings (SSSR count). The standard InChI is InChI=1S/C28H23BrN2O5/c1-36-23-14-17(8-11-22(23)32)25-24(26(33)16-6-9-19(29)10-7-16)27(34)28(35)31(25)13-12-18-15-30-21-5-3-2-4-20(18)21/h2-11,14-15,25,30,32-33H,12-13H2,1H3/t25-/m0/s1. The van der Waals surface area contributed by atoms with Gasteiger partial charge in [0, 0.05) is 33.7 Å². The molecule has 4 aromatic rings. The number of nitrogens with one attached hydrogen (secondary N) is 1. The molecule has 1 aliphatic heterocycles. The number of phenols is 1. The highest BCUT2D eigenvalue weighted by Gasteiger charge is 2.46. The zero-order valence-corrected chi connectivity index (χ0v) is 21.0. The van der Waals surface area contributed by atoms with Gasteiger partial charge in [-0.3, -0.25) is 9.59 Å². The Morgan fingerprint density at radius 3 is 2.58 bits per heavy atom. The van der Waals surface area contributed by atoms with Crippen LogP contribution in [0.15, 0.2) is 83.0 Å². The van der Waals surface area contributed by atoms with Crippen molar-refractivity contribution >= 4 is 44.3 Å². The summed E-state index contributed by atoms with van der Waals surface area (Å²) in [5, 5.41) is 22.4. The van der Waals surface area contributed by atoms with Crippen LogP contribution in [0.2, 0.25) is 0 Å². The molecule has 0 radical (unpaired) electrons. The van der Waals surface area contributed by atoms with E-state index in [1.54, 1.807) is 36.4 Å². The van der Waals surface area contributed by atoms with E-state index in [1.807, 2.05) is 30.5 Å². The van der Waals surface area contributed by atoms with Crippen LogP contribution in [-0.4, -0.2) is 45.4 Å². The lowest BCUT2D eigenvalue weighted by Crippen LogP contribution is -2.31. The maximum Gasteiger partial charge on any atom is 0.295 e. The van der Waals surface area contributed by atoms with Gasteiger partial charge in [-0.25, -0.2) is 0 Å². The van der Waals surface area contributed by atoms with Crippen molar-refractivity contribution in [1.82, 2.24) is 9.88 Å². The van der Waals surface area contributed by atoms with E-state index in [4.69, 9.17) is 4.74 Å². The molecule has 1 amide bonds. The van der Waals surface area contributed by atoms with Crippen LogP contribution < -0.4 is 4.74 Å². The molecule has 36 heavy (non-hydrogen) atoms. The molecule has 1 aromatic heterocycles. The van der Waals surface area contributed by atoms with E-state index >= 15 is 0 Å². The fourth-order valence-corrected chi connectivity index (χ4v) is 4.93. The number of ether oxygens (including phenoxy) is 1. The number of carbonyl (C=O) groups is 2. The highest BCUT2D eigenvalue weighted by atomic mass is 79.9. The first-order valence-electron chi connectivity index (χ1n) is 11.3. The summed E-state index contributed by atoms with van der Waals surface area (Å²) in [7, 11) is 1.43. The van der Waals surface area contributed by atoms with Gasteiger partial charge in [0.2, 0.25) is 0 Å². The molecule has 3 aromatic carbocycles. The number of rotatable bonds is 6. The van der Waals surface area contributed by atoms with E-state index in [9.17, 15) is 19.8 Å². The highest BCUT2D eigenvalue weighted by molar-refractivity contribution is 9.10. The van der Waals surface area contributed by atoms with Gasteiger partial charge in [-0.1, -0.05) is 52.3 Å². The predicted molar refractivity (Wildman–Crippen MR) is 140 cm³/mol. The number of para-hydroxylation sites is 1. The molecular weight excluding hydrogens is 524 g/mol.